The Morgan fingerprint density at radius 2 is 1.65 bits per heavy atom. The summed E-state index contributed by atoms with van der Waals surface area (Å²) < 4.78 is 27.7. The molecule has 3 aliphatic rings. The van der Waals surface area contributed by atoms with Crippen LogP contribution in [0.5, 0.6) is 0 Å². The highest BCUT2D eigenvalue weighted by atomic mass is 32.2. The molecule has 34 heavy (non-hydrogen) atoms. The Hall–Kier alpha value is -2.20. The van der Waals surface area contributed by atoms with Crippen LogP contribution in [0.15, 0.2) is 23.1 Å². The van der Waals surface area contributed by atoms with Gasteiger partial charge >= 0.3 is 0 Å². The minimum absolute atomic E-state index is 0.0247. The number of benzene rings is 1. The molecule has 3 saturated heterocycles. The number of nitro benzene ring substituents is 1. The molecule has 0 unspecified atom stereocenters. The van der Waals surface area contributed by atoms with Gasteiger partial charge in [-0.15, -0.1) is 0 Å². The van der Waals surface area contributed by atoms with Crippen molar-refractivity contribution in [2.75, 3.05) is 44.2 Å². The van der Waals surface area contributed by atoms with E-state index in [9.17, 15) is 23.3 Å². The van der Waals surface area contributed by atoms with Crippen molar-refractivity contribution in [1.29, 1.82) is 0 Å². The second-order valence-corrected chi connectivity index (χ2v) is 12.0. The van der Waals surface area contributed by atoms with Crippen LogP contribution in [-0.2, 0) is 14.8 Å². The zero-order chi connectivity index (χ0) is 24.3. The molecule has 10 heteroatoms. The van der Waals surface area contributed by atoms with Gasteiger partial charge in [-0.2, -0.15) is 4.31 Å². The summed E-state index contributed by atoms with van der Waals surface area (Å²) >= 11 is 0. The van der Waals surface area contributed by atoms with Gasteiger partial charge in [-0.25, -0.2) is 8.42 Å². The number of piperidine rings is 2. The Labute approximate surface area is 202 Å². The van der Waals surface area contributed by atoms with Crippen LogP contribution in [0.3, 0.4) is 0 Å². The Kier molecular flexibility index (Phi) is 7.77. The fourth-order valence-electron chi connectivity index (χ4n) is 5.51. The van der Waals surface area contributed by atoms with Crippen LogP contribution in [-0.4, -0.2) is 67.7 Å². The molecule has 4 rings (SSSR count). The molecule has 0 spiro atoms. The number of sulfonamides is 1. The molecule has 0 saturated carbocycles. The van der Waals surface area contributed by atoms with E-state index in [0.29, 0.717) is 44.7 Å². The van der Waals surface area contributed by atoms with E-state index in [1.165, 1.54) is 29.3 Å². The SMILES string of the molecule is C[C@@H]1CCCN(S(=O)(=O)c2ccc(N3CCC(C(=O)N4CCCCCC4)CC3)c([N+](=O)[O-])c2)C1. The maximum Gasteiger partial charge on any atom is 0.293 e. The van der Waals surface area contributed by atoms with Gasteiger partial charge in [0, 0.05) is 51.3 Å². The first-order valence-corrected chi connectivity index (χ1v) is 14.0. The van der Waals surface area contributed by atoms with Crippen molar-refractivity contribution >= 4 is 27.3 Å². The van der Waals surface area contributed by atoms with E-state index in [4.69, 9.17) is 0 Å². The lowest BCUT2D eigenvalue weighted by Gasteiger charge is -2.35. The zero-order valence-electron chi connectivity index (χ0n) is 20.0. The van der Waals surface area contributed by atoms with Gasteiger partial charge in [0.25, 0.3) is 5.69 Å². The normalized spacial score (nSPS) is 23.5. The second kappa shape index (κ2) is 10.6. The van der Waals surface area contributed by atoms with Crippen LogP contribution >= 0.6 is 0 Å². The van der Waals surface area contributed by atoms with Crippen molar-refractivity contribution in [2.24, 2.45) is 11.8 Å². The fourth-order valence-corrected chi connectivity index (χ4v) is 7.13. The van der Waals surface area contributed by atoms with Crippen molar-refractivity contribution in [1.82, 2.24) is 9.21 Å². The third kappa shape index (κ3) is 5.38. The molecule has 9 nitrogen and oxygen atoms in total. The van der Waals surface area contributed by atoms with Crippen LogP contribution in [0.4, 0.5) is 11.4 Å². The highest BCUT2D eigenvalue weighted by molar-refractivity contribution is 7.89. The Morgan fingerprint density at radius 3 is 2.26 bits per heavy atom. The molecule has 3 heterocycles. The van der Waals surface area contributed by atoms with Gasteiger partial charge in [0.05, 0.1) is 9.82 Å². The summed E-state index contributed by atoms with van der Waals surface area (Å²) in [5.41, 5.74) is 0.236. The molecule has 0 aliphatic carbocycles. The second-order valence-electron chi connectivity index (χ2n) is 10.0. The summed E-state index contributed by atoms with van der Waals surface area (Å²) in [6.07, 6.45) is 7.55. The lowest BCUT2D eigenvalue weighted by Crippen LogP contribution is -2.43. The molecule has 3 aliphatic heterocycles. The third-order valence-corrected chi connectivity index (χ3v) is 9.36. The summed E-state index contributed by atoms with van der Waals surface area (Å²) in [6.45, 7) is 5.65. The average Bonchev–Trinajstić information content (AvgIpc) is 3.13. The van der Waals surface area contributed by atoms with Crippen LogP contribution in [0.2, 0.25) is 0 Å². The number of hydrogen-bond acceptors (Lipinski definition) is 6. The number of carbonyl (C=O) groups excluding carboxylic acids is 1. The van der Waals surface area contributed by atoms with Crippen LogP contribution in [0, 0.1) is 22.0 Å². The molecule has 0 bridgehead atoms. The summed E-state index contributed by atoms with van der Waals surface area (Å²) in [4.78, 5) is 28.3. The molecule has 188 valence electrons. The van der Waals surface area contributed by atoms with Gasteiger partial charge in [-0.3, -0.25) is 14.9 Å². The number of hydrogen-bond donors (Lipinski definition) is 0. The van der Waals surface area contributed by atoms with Gasteiger partial charge in [0.1, 0.15) is 5.69 Å². The molecule has 0 aromatic heterocycles. The monoisotopic (exact) mass is 492 g/mol. The zero-order valence-corrected chi connectivity index (χ0v) is 20.8. The van der Waals surface area contributed by atoms with E-state index >= 15 is 0 Å². The quantitative estimate of drug-likeness (QED) is 0.459. The largest absolute Gasteiger partial charge is 0.366 e. The van der Waals surface area contributed by atoms with Crippen molar-refractivity contribution in [3.63, 3.8) is 0 Å². The number of carbonyl (C=O) groups is 1. The number of anilines is 1. The maximum atomic E-state index is 13.1. The predicted octanol–water partition coefficient (Wildman–Crippen LogP) is 3.63. The molecule has 1 aromatic rings. The van der Waals surface area contributed by atoms with Gasteiger partial charge in [-0.1, -0.05) is 19.8 Å². The first-order chi connectivity index (χ1) is 16.3. The Bertz CT molecular complexity index is 999. The summed E-state index contributed by atoms with van der Waals surface area (Å²) in [7, 11) is -3.77. The van der Waals surface area contributed by atoms with E-state index in [2.05, 4.69) is 0 Å². The van der Waals surface area contributed by atoms with Crippen LogP contribution < -0.4 is 4.90 Å². The highest BCUT2D eigenvalue weighted by Crippen LogP contribution is 2.35. The fraction of sp³-hybridized carbons (Fsp3) is 0.708. The molecule has 0 radical (unpaired) electrons. The summed E-state index contributed by atoms with van der Waals surface area (Å²) in [6, 6.07) is 4.26. The Balaban J connectivity index is 1.47. The van der Waals surface area contributed by atoms with Crippen molar-refractivity contribution in [3.8, 4) is 0 Å². The van der Waals surface area contributed by atoms with Gasteiger partial charge < -0.3 is 9.80 Å². The average molecular weight is 493 g/mol. The van der Waals surface area contributed by atoms with Crippen molar-refractivity contribution < 1.29 is 18.1 Å². The third-order valence-electron chi connectivity index (χ3n) is 7.50. The summed E-state index contributed by atoms with van der Waals surface area (Å²) in [5, 5.41) is 11.9. The minimum atomic E-state index is -3.77. The predicted molar refractivity (Wildman–Crippen MR) is 130 cm³/mol. The molecule has 3 fully saturated rings. The molecule has 0 N–H and O–H groups in total. The topological polar surface area (TPSA) is 104 Å². The number of nitro groups is 1. The van der Waals surface area contributed by atoms with E-state index in [-0.39, 0.29) is 28.3 Å². The molecule has 1 atom stereocenters. The van der Waals surface area contributed by atoms with E-state index < -0.39 is 14.9 Å². The number of nitrogens with zero attached hydrogens (tertiary/aromatic N) is 4. The minimum Gasteiger partial charge on any atom is -0.366 e. The molecular weight excluding hydrogens is 456 g/mol. The van der Waals surface area contributed by atoms with E-state index in [0.717, 1.165) is 38.8 Å². The molecular formula is C24H36N4O5S. The summed E-state index contributed by atoms with van der Waals surface area (Å²) in [5.74, 6) is 0.443. The lowest BCUT2D eigenvalue weighted by atomic mass is 9.94. The smallest absolute Gasteiger partial charge is 0.293 e. The maximum absolute atomic E-state index is 13.1. The van der Waals surface area contributed by atoms with Crippen LogP contribution in [0.25, 0.3) is 0 Å². The number of amides is 1. The first-order valence-electron chi connectivity index (χ1n) is 12.6. The standard InChI is InChI=1S/C24H36N4O5S/c1-19-7-6-14-27(18-19)34(32,33)21-8-9-22(23(17-21)28(30)31)25-15-10-20(11-16-25)24(29)26-12-4-2-3-5-13-26/h8-9,17,19-20H,2-7,10-16,18H2,1H3/t19-/m1/s1. The first kappa shape index (κ1) is 24.9. The molecule has 1 amide bonds. The van der Waals surface area contributed by atoms with Crippen molar-refractivity contribution in [2.45, 2.75) is 63.2 Å². The molecule has 1 aromatic carbocycles. The van der Waals surface area contributed by atoms with Crippen LogP contribution in [0.1, 0.15) is 58.3 Å². The van der Waals surface area contributed by atoms with E-state index in [1.807, 2.05) is 16.7 Å². The highest BCUT2D eigenvalue weighted by Gasteiger charge is 2.34. The van der Waals surface area contributed by atoms with E-state index in [1.54, 1.807) is 6.07 Å². The van der Waals surface area contributed by atoms with Gasteiger partial charge in [0.2, 0.25) is 15.9 Å². The lowest BCUT2D eigenvalue weighted by molar-refractivity contribution is -0.384. The van der Waals surface area contributed by atoms with Gasteiger partial charge in [-0.05, 0) is 56.6 Å². The van der Waals surface area contributed by atoms with Crippen molar-refractivity contribution in [3.05, 3.63) is 28.3 Å². The number of rotatable bonds is 5. The number of likely N-dealkylation sites (tertiary alicyclic amines) is 1. The Morgan fingerprint density at radius 1 is 0.971 bits per heavy atom. The van der Waals surface area contributed by atoms with Gasteiger partial charge in [0.15, 0.2) is 0 Å².